The Hall–Kier alpha value is -1.14. The van der Waals surface area contributed by atoms with Crippen molar-refractivity contribution < 1.29 is 9.53 Å². The van der Waals surface area contributed by atoms with E-state index in [4.69, 9.17) is 4.74 Å². The molecule has 0 fully saturated rings. The molecule has 0 saturated carbocycles. The van der Waals surface area contributed by atoms with Crippen LogP contribution in [0.1, 0.15) is 42.0 Å². The summed E-state index contributed by atoms with van der Waals surface area (Å²) in [5, 5.41) is 4.40. The summed E-state index contributed by atoms with van der Waals surface area (Å²) in [6.07, 6.45) is 2.03. The largest absolute Gasteiger partial charge is 0.482 e. The predicted molar refractivity (Wildman–Crippen MR) is 103 cm³/mol. The number of aromatic nitrogens is 2. The second-order valence-corrected chi connectivity index (χ2v) is 8.02. The van der Waals surface area contributed by atoms with Crippen LogP contribution in [0.4, 0.5) is 0 Å². The van der Waals surface area contributed by atoms with Crippen LogP contribution in [0.2, 0.25) is 0 Å². The predicted octanol–water partition coefficient (Wildman–Crippen LogP) is 5.33. The maximum Gasteiger partial charge on any atom is 0.284 e. The Bertz CT molecular complexity index is 739. The number of ether oxygens (including phenoxy) is 1. The van der Waals surface area contributed by atoms with Crippen molar-refractivity contribution in [1.29, 1.82) is 0 Å². The Morgan fingerprint density at radius 1 is 1.29 bits per heavy atom. The third-order valence-corrected chi connectivity index (χ3v) is 5.01. The zero-order valence-electron chi connectivity index (χ0n) is 14.4. The highest BCUT2D eigenvalue weighted by Gasteiger charge is 2.17. The highest BCUT2D eigenvalue weighted by molar-refractivity contribution is 9.11. The number of halogens is 2. The van der Waals surface area contributed by atoms with Crippen LogP contribution in [0.5, 0.6) is 5.75 Å². The average molecular weight is 458 g/mol. The van der Waals surface area contributed by atoms with Gasteiger partial charge in [-0.15, -0.1) is 0 Å². The lowest BCUT2D eigenvalue weighted by Gasteiger charge is -2.09. The van der Waals surface area contributed by atoms with Gasteiger partial charge in [0.25, 0.3) is 5.91 Å². The molecule has 0 N–H and O–H groups in total. The first-order valence-corrected chi connectivity index (χ1v) is 9.54. The molecule has 6 heteroatoms. The first-order valence-electron chi connectivity index (χ1n) is 7.95. The molecule has 2 rings (SSSR count). The molecule has 0 radical (unpaired) electrons. The highest BCUT2D eigenvalue weighted by atomic mass is 79.9. The minimum Gasteiger partial charge on any atom is -0.482 e. The lowest BCUT2D eigenvalue weighted by Crippen LogP contribution is -2.22. The first kappa shape index (κ1) is 19.2. The van der Waals surface area contributed by atoms with Crippen LogP contribution < -0.4 is 4.74 Å². The first-order chi connectivity index (χ1) is 11.3. The van der Waals surface area contributed by atoms with Crippen molar-refractivity contribution >= 4 is 37.8 Å². The Labute approximate surface area is 159 Å². The van der Waals surface area contributed by atoms with Crippen LogP contribution in [0, 0.1) is 19.8 Å². The van der Waals surface area contributed by atoms with E-state index in [-0.39, 0.29) is 12.5 Å². The van der Waals surface area contributed by atoms with Crippen molar-refractivity contribution in [3.8, 4) is 5.75 Å². The molecule has 130 valence electrons. The summed E-state index contributed by atoms with van der Waals surface area (Å²) in [4.78, 5) is 12.5. The van der Waals surface area contributed by atoms with E-state index in [1.807, 2.05) is 32.0 Å². The summed E-state index contributed by atoms with van der Waals surface area (Å²) < 4.78 is 8.85. The minimum atomic E-state index is -0.166. The zero-order valence-corrected chi connectivity index (χ0v) is 17.6. The van der Waals surface area contributed by atoms with Crippen molar-refractivity contribution in [2.75, 3.05) is 6.61 Å². The Kier molecular flexibility index (Phi) is 6.63. The van der Waals surface area contributed by atoms with Crippen molar-refractivity contribution in [3.63, 3.8) is 0 Å². The van der Waals surface area contributed by atoms with Gasteiger partial charge in [0.2, 0.25) is 0 Å². The summed E-state index contributed by atoms with van der Waals surface area (Å²) in [6.45, 7) is 8.25. The fourth-order valence-corrected chi connectivity index (χ4v) is 3.67. The fraction of sp³-hybridized carbons (Fsp3) is 0.444. The molecular formula is C18H22Br2N2O2. The van der Waals surface area contributed by atoms with Gasteiger partial charge < -0.3 is 4.74 Å². The summed E-state index contributed by atoms with van der Waals surface area (Å²) in [6, 6.07) is 5.57. The number of hydrogen-bond acceptors (Lipinski definition) is 3. The van der Waals surface area contributed by atoms with Gasteiger partial charge in [0.15, 0.2) is 6.61 Å². The molecule has 2 aromatic rings. The zero-order chi connectivity index (χ0) is 17.9. The van der Waals surface area contributed by atoms with E-state index in [1.54, 1.807) is 0 Å². The van der Waals surface area contributed by atoms with E-state index >= 15 is 0 Å². The quantitative estimate of drug-likeness (QED) is 0.588. The number of rotatable bonds is 6. The third-order valence-electron chi connectivity index (χ3n) is 3.89. The maximum atomic E-state index is 12.5. The van der Waals surface area contributed by atoms with E-state index in [1.165, 1.54) is 10.2 Å². The molecule has 0 amide bonds. The van der Waals surface area contributed by atoms with Gasteiger partial charge in [-0.05, 0) is 72.3 Å². The monoisotopic (exact) mass is 456 g/mol. The summed E-state index contributed by atoms with van der Waals surface area (Å²) in [5.74, 6) is 1.09. The maximum absolute atomic E-state index is 12.5. The van der Waals surface area contributed by atoms with Crippen LogP contribution in [-0.4, -0.2) is 22.3 Å². The Morgan fingerprint density at radius 3 is 2.62 bits per heavy atom. The number of carbonyl (C=O) groups is 1. The van der Waals surface area contributed by atoms with E-state index < -0.39 is 0 Å². The topological polar surface area (TPSA) is 44.1 Å². The van der Waals surface area contributed by atoms with Gasteiger partial charge in [0.1, 0.15) is 5.75 Å². The normalized spacial score (nSPS) is 11.1. The van der Waals surface area contributed by atoms with Gasteiger partial charge in [0, 0.05) is 10.2 Å². The number of carbonyl (C=O) groups excluding carboxylic acids is 1. The number of benzene rings is 1. The molecule has 0 bridgehead atoms. The second kappa shape index (κ2) is 8.30. The molecule has 1 heterocycles. The molecular weight excluding hydrogens is 436 g/mol. The second-order valence-electron chi connectivity index (χ2n) is 6.25. The molecule has 1 aromatic carbocycles. The molecule has 0 spiro atoms. The number of aryl methyl sites for hydroxylation is 1. The summed E-state index contributed by atoms with van der Waals surface area (Å²) in [7, 11) is 0. The van der Waals surface area contributed by atoms with Gasteiger partial charge in [-0.1, -0.05) is 29.8 Å². The molecule has 4 nitrogen and oxygen atoms in total. The highest BCUT2D eigenvalue weighted by Crippen LogP contribution is 2.28. The Balaban J connectivity index is 2.08. The van der Waals surface area contributed by atoms with Crippen LogP contribution in [0.15, 0.2) is 27.1 Å². The third kappa shape index (κ3) is 4.70. The van der Waals surface area contributed by atoms with E-state index in [0.29, 0.717) is 11.7 Å². The SMILES string of the molecule is Cc1nn(C(=O)COc2ccc(Br)cc2Br)c(C)c1CCC(C)C. The molecule has 0 atom stereocenters. The number of hydrogen-bond donors (Lipinski definition) is 0. The van der Waals surface area contributed by atoms with Gasteiger partial charge in [-0.2, -0.15) is 5.10 Å². The minimum absolute atomic E-state index is 0.0498. The molecule has 0 saturated heterocycles. The van der Waals surface area contributed by atoms with Crippen LogP contribution in [0.25, 0.3) is 0 Å². The lowest BCUT2D eigenvalue weighted by molar-refractivity contribution is 0.0817. The van der Waals surface area contributed by atoms with Crippen LogP contribution in [0.3, 0.4) is 0 Å². The summed E-state index contributed by atoms with van der Waals surface area (Å²) in [5.41, 5.74) is 3.00. The molecule has 0 aliphatic carbocycles. The van der Waals surface area contributed by atoms with E-state index in [0.717, 1.165) is 33.2 Å². The van der Waals surface area contributed by atoms with Crippen molar-refractivity contribution in [2.45, 2.75) is 40.5 Å². The Morgan fingerprint density at radius 2 is 2.00 bits per heavy atom. The number of nitrogens with zero attached hydrogens (tertiary/aromatic N) is 2. The fourth-order valence-electron chi connectivity index (χ4n) is 2.51. The van der Waals surface area contributed by atoms with Gasteiger partial charge >= 0.3 is 0 Å². The molecule has 0 aliphatic rings. The summed E-state index contributed by atoms with van der Waals surface area (Å²) >= 11 is 6.82. The average Bonchev–Trinajstić information content (AvgIpc) is 2.78. The van der Waals surface area contributed by atoms with Crippen molar-refractivity contribution in [2.24, 2.45) is 5.92 Å². The van der Waals surface area contributed by atoms with Crippen molar-refractivity contribution in [3.05, 3.63) is 44.1 Å². The molecule has 0 unspecified atom stereocenters. The van der Waals surface area contributed by atoms with E-state index in [9.17, 15) is 4.79 Å². The van der Waals surface area contributed by atoms with Gasteiger partial charge in [-0.25, -0.2) is 4.68 Å². The lowest BCUT2D eigenvalue weighted by atomic mass is 10.0. The molecule has 0 aliphatic heterocycles. The van der Waals surface area contributed by atoms with E-state index in [2.05, 4.69) is 50.8 Å². The van der Waals surface area contributed by atoms with Crippen LogP contribution in [-0.2, 0) is 6.42 Å². The smallest absolute Gasteiger partial charge is 0.284 e. The molecule has 1 aromatic heterocycles. The van der Waals surface area contributed by atoms with Crippen LogP contribution >= 0.6 is 31.9 Å². The van der Waals surface area contributed by atoms with Crippen molar-refractivity contribution in [1.82, 2.24) is 9.78 Å². The van der Waals surface area contributed by atoms with Gasteiger partial charge in [0.05, 0.1) is 10.2 Å². The molecule has 24 heavy (non-hydrogen) atoms. The standard InChI is InChI=1S/C18H22Br2N2O2/c1-11(2)5-7-15-12(3)21-22(13(15)4)18(23)10-24-17-8-6-14(19)9-16(17)20/h6,8-9,11H,5,7,10H2,1-4H3. The van der Waals surface area contributed by atoms with Gasteiger partial charge in [-0.3, -0.25) is 4.79 Å².